The Morgan fingerprint density at radius 2 is 1.76 bits per heavy atom. The zero-order chi connectivity index (χ0) is 17.2. The molecule has 0 N–H and O–H groups in total. The Morgan fingerprint density at radius 1 is 1.00 bits per heavy atom. The van der Waals surface area contributed by atoms with Crippen LogP contribution in [0.5, 0.6) is 0 Å². The molecular weight excluding hydrogens is 314 g/mol. The number of ketones is 2. The lowest BCUT2D eigenvalue weighted by molar-refractivity contribution is 0.0978. The van der Waals surface area contributed by atoms with E-state index in [2.05, 4.69) is 27.0 Å². The van der Waals surface area contributed by atoms with E-state index in [0.29, 0.717) is 17.6 Å². The van der Waals surface area contributed by atoms with Gasteiger partial charge in [-0.05, 0) is 43.0 Å². The monoisotopic (exact) mass is 333 g/mol. The molecule has 0 saturated carbocycles. The van der Waals surface area contributed by atoms with E-state index in [1.807, 2.05) is 12.1 Å². The first-order valence-electron chi connectivity index (χ1n) is 8.66. The molecule has 2 aromatic rings. The Bertz CT molecular complexity index is 849. The lowest BCUT2D eigenvalue weighted by atomic mass is 9.90. The minimum atomic E-state index is -0.225. The number of nitrogens with zero attached hydrogens (tertiary/aromatic N) is 3. The molecule has 1 fully saturated rings. The topological polar surface area (TPSA) is 63.2 Å². The summed E-state index contributed by atoms with van der Waals surface area (Å²) in [7, 11) is 0. The highest BCUT2D eigenvalue weighted by Crippen LogP contribution is 2.24. The van der Waals surface area contributed by atoms with Crippen molar-refractivity contribution in [3.8, 4) is 0 Å². The van der Waals surface area contributed by atoms with Crippen LogP contribution in [0.3, 0.4) is 0 Å². The van der Waals surface area contributed by atoms with Crippen LogP contribution in [0, 0.1) is 0 Å². The van der Waals surface area contributed by atoms with Crippen molar-refractivity contribution >= 4 is 17.3 Å². The molecule has 5 heteroatoms. The van der Waals surface area contributed by atoms with Crippen LogP contribution >= 0.6 is 0 Å². The predicted octanol–water partition coefficient (Wildman–Crippen LogP) is 3.02. The van der Waals surface area contributed by atoms with Gasteiger partial charge >= 0.3 is 0 Å². The van der Waals surface area contributed by atoms with Crippen molar-refractivity contribution in [3.63, 3.8) is 0 Å². The van der Waals surface area contributed by atoms with Gasteiger partial charge in [0.05, 0.1) is 5.56 Å². The Morgan fingerprint density at radius 3 is 2.52 bits per heavy atom. The second-order valence-electron chi connectivity index (χ2n) is 6.54. The Balaban J connectivity index is 1.52. The molecule has 1 aliphatic carbocycles. The number of piperidine rings is 1. The predicted molar refractivity (Wildman–Crippen MR) is 95.0 cm³/mol. The number of allylic oxidation sites excluding steroid dienone is 2. The van der Waals surface area contributed by atoms with Crippen molar-refractivity contribution in [2.75, 3.05) is 18.0 Å². The van der Waals surface area contributed by atoms with Crippen molar-refractivity contribution < 1.29 is 9.59 Å². The van der Waals surface area contributed by atoms with Crippen molar-refractivity contribution in [2.24, 2.45) is 0 Å². The molecule has 1 aliphatic heterocycles. The van der Waals surface area contributed by atoms with Crippen molar-refractivity contribution in [1.29, 1.82) is 0 Å². The van der Waals surface area contributed by atoms with Crippen molar-refractivity contribution in [1.82, 2.24) is 9.97 Å². The highest BCUT2D eigenvalue weighted by molar-refractivity contribution is 6.23. The Labute approximate surface area is 146 Å². The zero-order valence-corrected chi connectivity index (χ0v) is 13.9. The maximum atomic E-state index is 12.6. The maximum Gasteiger partial charge on any atom is 0.205 e. The fourth-order valence-corrected chi connectivity index (χ4v) is 3.49. The number of anilines is 1. The minimum absolute atomic E-state index is 0.157. The molecule has 2 heterocycles. The number of fused-ring (bicyclic) bond motifs is 1. The fourth-order valence-electron chi connectivity index (χ4n) is 3.49. The maximum absolute atomic E-state index is 12.6. The van der Waals surface area contributed by atoms with Crippen LogP contribution in [0.2, 0.25) is 0 Å². The molecule has 1 aromatic heterocycles. The van der Waals surface area contributed by atoms with E-state index in [9.17, 15) is 9.59 Å². The van der Waals surface area contributed by atoms with E-state index in [4.69, 9.17) is 0 Å². The van der Waals surface area contributed by atoms with Gasteiger partial charge in [0.25, 0.3) is 0 Å². The number of hydrogen-bond acceptors (Lipinski definition) is 5. The van der Waals surface area contributed by atoms with E-state index < -0.39 is 0 Å². The normalized spacial score (nSPS) is 17.3. The lowest BCUT2D eigenvalue weighted by Crippen LogP contribution is -2.29. The minimum Gasteiger partial charge on any atom is -0.372 e. The first kappa shape index (κ1) is 15.7. The molecule has 0 atom stereocenters. The van der Waals surface area contributed by atoms with Crippen molar-refractivity contribution in [2.45, 2.75) is 25.7 Å². The number of benzene rings is 1. The van der Waals surface area contributed by atoms with Gasteiger partial charge in [-0.2, -0.15) is 0 Å². The molecular formula is C20H19N3O2. The fraction of sp³-hybridized carbons (Fsp3) is 0.300. The van der Waals surface area contributed by atoms with Gasteiger partial charge in [0.1, 0.15) is 12.0 Å². The standard InChI is InChI=1S/C20H19N3O2/c24-18-11-15(20(25)17-12-21-13-22-19(17)18)10-14-4-6-16(7-5-14)23-8-2-1-3-9-23/h4-7,11-13H,1-3,8-10H2. The van der Waals surface area contributed by atoms with Gasteiger partial charge in [-0.3, -0.25) is 9.59 Å². The molecule has 4 rings (SSSR count). The van der Waals surface area contributed by atoms with E-state index in [0.717, 1.165) is 18.7 Å². The summed E-state index contributed by atoms with van der Waals surface area (Å²) in [6, 6.07) is 8.29. The molecule has 126 valence electrons. The highest BCUT2D eigenvalue weighted by atomic mass is 16.1. The quantitative estimate of drug-likeness (QED) is 0.864. The van der Waals surface area contributed by atoms with Crippen LogP contribution in [-0.2, 0) is 6.42 Å². The molecule has 1 saturated heterocycles. The van der Waals surface area contributed by atoms with Gasteiger partial charge in [0, 0.05) is 37.0 Å². The van der Waals surface area contributed by atoms with Crippen LogP contribution in [0.25, 0.3) is 0 Å². The summed E-state index contributed by atoms with van der Waals surface area (Å²) in [6.45, 7) is 2.21. The second-order valence-corrected chi connectivity index (χ2v) is 6.54. The molecule has 25 heavy (non-hydrogen) atoms. The number of rotatable bonds is 3. The first-order chi connectivity index (χ1) is 12.2. The number of Topliss-reactive ketones (excluding diaryl/α,β-unsaturated/α-hetero) is 1. The third-order valence-corrected chi connectivity index (χ3v) is 4.84. The van der Waals surface area contributed by atoms with E-state index in [1.165, 1.54) is 43.6 Å². The van der Waals surface area contributed by atoms with Gasteiger partial charge in [-0.15, -0.1) is 0 Å². The lowest BCUT2D eigenvalue weighted by Gasteiger charge is -2.28. The van der Waals surface area contributed by atoms with Crippen LogP contribution in [0.1, 0.15) is 45.7 Å². The smallest absolute Gasteiger partial charge is 0.205 e. The summed E-state index contributed by atoms with van der Waals surface area (Å²) < 4.78 is 0. The van der Waals surface area contributed by atoms with Crippen LogP contribution < -0.4 is 4.90 Å². The van der Waals surface area contributed by atoms with Gasteiger partial charge < -0.3 is 4.90 Å². The second kappa shape index (κ2) is 6.59. The SMILES string of the molecule is O=C1C(Cc2ccc(N3CCCCC3)cc2)=CC(=O)c2ncncc21. The number of carbonyl (C=O) groups excluding carboxylic acids is 2. The molecule has 0 radical (unpaired) electrons. The summed E-state index contributed by atoms with van der Waals surface area (Å²) in [5.74, 6) is -0.382. The third kappa shape index (κ3) is 3.09. The summed E-state index contributed by atoms with van der Waals surface area (Å²) in [6.07, 6.45) is 8.37. The van der Waals surface area contributed by atoms with Crippen LogP contribution in [-0.4, -0.2) is 34.6 Å². The van der Waals surface area contributed by atoms with E-state index in [-0.39, 0.29) is 17.3 Å². The average Bonchev–Trinajstić information content (AvgIpc) is 2.67. The summed E-state index contributed by atoms with van der Waals surface area (Å²) in [4.78, 5) is 34.9. The highest BCUT2D eigenvalue weighted by Gasteiger charge is 2.26. The van der Waals surface area contributed by atoms with Gasteiger partial charge in [0.2, 0.25) is 5.78 Å². The molecule has 0 spiro atoms. The summed E-state index contributed by atoms with van der Waals surface area (Å²) >= 11 is 0. The van der Waals surface area contributed by atoms with Gasteiger partial charge in [-0.1, -0.05) is 12.1 Å². The van der Waals surface area contributed by atoms with Crippen LogP contribution in [0.4, 0.5) is 5.69 Å². The molecule has 5 nitrogen and oxygen atoms in total. The van der Waals surface area contributed by atoms with E-state index in [1.54, 1.807) is 0 Å². The van der Waals surface area contributed by atoms with Gasteiger partial charge in [-0.25, -0.2) is 9.97 Å². The summed E-state index contributed by atoms with van der Waals surface area (Å²) in [5, 5.41) is 0. The number of hydrogen-bond donors (Lipinski definition) is 0. The third-order valence-electron chi connectivity index (χ3n) is 4.84. The Hall–Kier alpha value is -2.82. The Kier molecular flexibility index (Phi) is 4.14. The van der Waals surface area contributed by atoms with Crippen molar-refractivity contribution in [3.05, 3.63) is 65.3 Å². The van der Waals surface area contributed by atoms with Gasteiger partial charge in [0.15, 0.2) is 5.78 Å². The zero-order valence-electron chi connectivity index (χ0n) is 13.9. The van der Waals surface area contributed by atoms with Crippen LogP contribution in [0.15, 0.2) is 48.4 Å². The molecule has 0 unspecified atom stereocenters. The largest absolute Gasteiger partial charge is 0.372 e. The molecule has 0 bridgehead atoms. The molecule has 1 aromatic carbocycles. The first-order valence-corrected chi connectivity index (χ1v) is 8.66. The molecule has 2 aliphatic rings. The number of carbonyl (C=O) groups is 2. The summed E-state index contributed by atoms with van der Waals surface area (Å²) in [5.41, 5.74) is 3.24. The number of aromatic nitrogens is 2. The van der Waals surface area contributed by atoms with E-state index >= 15 is 0 Å². The average molecular weight is 333 g/mol. The molecule has 0 amide bonds.